The Bertz CT molecular complexity index is 894. The summed E-state index contributed by atoms with van der Waals surface area (Å²) in [6.07, 6.45) is 5.21. The molecule has 3 heterocycles. The quantitative estimate of drug-likeness (QED) is 0.877. The van der Waals surface area contributed by atoms with Crippen LogP contribution in [0.3, 0.4) is 0 Å². The highest BCUT2D eigenvalue weighted by atomic mass is 35.5. The summed E-state index contributed by atoms with van der Waals surface area (Å²) >= 11 is 5.98. The molecule has 0 unspecified atom stereocenters. The standard InChI is InChI=1S/C21H23ClN4O/c1-14-21(27)24-19-11-15(12-23-20(19)25(14)2)13-26-9-7-17(8-10-26)16-3-5-18(22)6-4-16/h3-7,11-12,14H,8-10,13H2,1-2H3,(H,24,27)/t14-/m0/s1. The summed E-state index contributed by atoms with van der Waals surface area (Å²) in [5.41, 5.74) is 4.52. The molecular formula is C21H23ClN4O. The lowest BCUT2D eigenvalue weighted by molar-refractivity contribution is -0.117. The molecule has 0 spiro atoms. The van der Waals surface area contributed by atoms with Crippen molar-refractivity contribution in [1.82, 2.24) is 9.88 Å². The van der Waals surface area contributed by atoms with E-state index in [2.05, 4.69) is 33.4 Å². The third-order valence-corrected chi connectivity index (χ3v) is 5.64. The van der Waals surface area contributed by atoms with Gasteiger partial charge in [-0.3, -0.25) is 9.69 Å². The van der Waals surface area contributed by atoms with Gasteiger partial charge in [0.1, 0.15) is 6.04 Å². The maximum absolute atomic E-state index is 12.1. The van der Waals surface area contributed by atoms with E-state index < -0.39 is 0 Å². The zero-order valence-corrected chi connectivity index (χ0v) is 16.3. The van der Waals surface area contributed by atoms with Crippen LogP contribution in [-0.4, -0.2) is 42.0 Å². The van der Waals surface area contributed by atoms with E-state index in [1.807, 2.05) is 43.3 Å². The van der Waals surface area contributed by atoms with Crippen molar-refractivity contribution in [1.29, 1.82) is 0 Å². The molecule has 2 aliphatic rings. The number of fused-ring (bicyclic) bond motifs is 1. The summed E-state index contributed by atoms with van der Waals surface area (Å²) in [6.45, 7) is 4.60. The van der Waals surface area contributed by atoms with Crippen molar-refractivity contribution in [2.24, 2.45) is 0 Å². The minimum atomic E-state index is -0.200. The highest BCUT2D eigenvalue weighted by Crippen LogP contribution is 2.30. The SMILES string of the molecule is C[C@H]1C(=O)Nc2cc(CN3CC=C(c4ccc(Cl)cc4)CC3)cnc2N1C. The molecule has 0 saturated heterocycles. The van der Waals surface area contributed by atoms with E-state index in [0.29, 0.717) is 0 Å². The second-order valence-corrected chi connectivity index (χ2v) is 7.65. The summed E-state index contributed by atoms with van der Waals surface area (Å²) in [5, 5.41) is 3.73. The summed E-state index contributed by atoms with van der Waals surface area (Å²) < 4.78 is 0. The van der Waals surface area contributed by atoms with E-state index in [1.54, 1.807) is 0 Å². The zero-order valence-electron chi connectivity index (χ0n) is 15.6. The van der Waals surface area contributed by atoms with Gasteiger partial charge in [-0.2, -0.15) is 0 Å². The van der Waals surface area contributed by atoms with Gasteiger partial charge >= 0.3 is 0 Å². The van der Waals surface area contributed by atoms with E-state index in [0.717, 1.165) is 48.1 Å². The highest BCUT2D eigenvalue weighted by molar-refractivity contribution is 6.30. The summed E-state index contributed by atoms with van der Waals surface area (Å²) in [5.74, 6) is 0.840. The molecule has 2 aliphatic heterocycles. The fraction of sp³-hybridized carbons (Fsp3) is 0.333. The molecule has 0 radical (unpaired) electrons. The minimum Gasteiger partial charge on any atom is -0.346 e. The third kappa shape index (κ3) is 3.70. The van der Waals surface area contributed by atoms with Crippen LogP contribution in [-0.2, 0) is 11.3 Å². The third-order valence-electron chi connectivity index (χ3n) is 5.39. The van der Waals surface area contributed by atoms with Gasteiger partial charge in [-0.1, -0.05) is 29.8 Å². The molecule has 1 aromatic heterocycles. The number of aromatic nitrogens is 1. The van der Waals surface area contributed by atoms with Gasteiger partial charge in [0.05, 0.1) is 5.69 Å². The first-order chi connectivity index (χ1) is 13.0. The molecular weight excluding hydrogens is 360 g/mol. The van der Waals surface area contributed by atoms with E-state index >= 15 is 0 Å². The predicted molar refractivity (Wildman–Crippen MR) is 110 cm³/mol. The molecule has 0 bridgehead atoms. The van der Waals surface area contributed by atoms with Gasteiger partial charge in [-0.25, -0.2) is 4.98 Å². The van der Waals surface area contributed by atoms with Crippen LogP contribution in [0, 0.1) is 0 Å². The number of nitrogens with zero attached hydrogens (tertiary/aromatic N) is 3. The fourth-order valence-corrected chi connectivity index (χ4v) is 3.72. The number of hydrogen-bond acceptors (Lipinski definition) is 4. The molecule has 2 aromatic rings. The number of likely N-dealkylation sites (N-methyl/N-ethyl adjacent to an activating group) is 1. The number of halogens is 1. The summed E-state index contributed by atoms with van der Waals surface area (Å²) in [6, 6.07) is 9.88. The number of amides is 1. The van der Waals surface area contributed by atoms with Crippen molar-refractivity contribution < 1.29 is 4.79 Å². The number of rotatable bonds is 3. The molecule has 140 valence electrons. The first-order valence-electron chi connectivity index (χ1n) is 9.21. The predicted octanol–water partition coefficient (Wildman–Crippen LogP) is 3.80. The molecule has 0 fully saturated rings. The van der Waals surface area contributed by atoms with Gasteiger partial charge in [-0.15, -0.1) is 0 Å². The molecule has 1 atom stereocenters. The molecule has 0 saturated carbocycles. The van der Waals surface area contributed by atoms with Crippen LogP contribution >= 0.6 is 11.6 Å². The van der Waals surface area contributed by atoms with Gasteiger partial charge in [0.25, 0.3) is 0 Å². The van der Waals surface area contributed by atoms with Gasteiger partial charge in [0.2, 0.25) is 5.91 Å². The number of nitrogens with one attached hydrogen (secondary N) is 1. The number of carbonyl (C=O) groups excluding carboxylic acids is 1. The van der Waals surface area contributed by atoms with Crippen LogP contribution in [0.5, 0.6) is 0 Å². The van der Waals surface area contributed by atoms with E-state index in [9.17, 15) is 4.79 Å². The summed E-state index contributed by atoms with van der Waals surface area (Å²) in [4.78, 5) is 20.9. The van der Waals surface area contributed by atoms with Gasteiger partial charge < -0.3 is 10.2 Å². The topological polar surface area (TPSA) is 48.5 Å². The molecule has 1 aromatic carbocycles. The minimum absolute atomic E-state index is 0.0115. The average molecular weight is 383 g/mol. The van der Waals surface area contributed by atoms with Crippen LogP contribution in [0.1, 0.15) is 24.5 Å². The fourth-order valence-electron chi connectivity index (χ4n) is 3.60. The average Bonchev–Trinajstić information content (AvgIpc) is 2.67. The number of pyridine rings is 1. The number of benzene rings is 1. The first-order valence-corrected chi connectivity index (χ1v) is 9.59. The Labute approximate surface area is 164 Å². The van der Waals surface area contributed by atoms with Gasteiger partial charge in [0.15, 0.2) is 5.82 Å². The normalized spacial score (nSPS) is 20.1. The van der Waals surface area contributed by atoms with E-state index in [1.165, 1.54) is 11.1 Å². The monoisotopic (exact) mass is 382 g/mol. The van der Waals surface area contributed by atoms with Crippen LogP contribution in [0.25, 0.3) is 5.57 Å². The molecule has 0 aliphatic carbocycles. The van der Waals surface area contributed by atoms with Crippen molar-refractivity contribution in [2.45, 2.75) is 25.9 Å². The maximum Gasteiger partial charge on any atom is 0.246 e. The lowest BCUT2D eigenvalue weighted by Crippen LogP contribution is -2.44. The largest absolute Gasteiger partial charge is 0.346 e. The molecule has 5 nitrogen and oxygen atoms in total. The highest BCUT2D eigenvalue weighted by Gasteiger charge is 2.28. The Balaban J connectivity index is 1.44. The number of carbonyl (C=O) groups is 1. The second-order valence-electron chi connectivity index (χ2n) is 7.21. The van der Waals surface area contributed by atoms with Crippen molar-refractivity contribution in [3.8, 4) is 0 Å². The molecule has 6 heteroatoms. The van der Waals surface area contributed by atoms with Crippen LogP contribution in [0.15, 0.2) is 42.6 Å². The molecule has 27 heavy (non-hydrogen) atoms. The molecule has 1 amide bonds. The Hall–Kier alpha value is -2.37. The van der Waals surface area contributed by atoms with Crippen molar-refractivity contribution in [2.75, 3.05) is 30.4 Å². The lowest BCUT2D eigenvalue weighted by Gasteiger charge is -2.32. The zero-order chi connectivity index (χ0) is 19.0. The summed E-state index contributed by atoms with van der Waals surface area (Å²) in [7, 11) is 1.91. The van der Waals surface area contributed by atoms with Crippen molar-refractivity contribution >= 4 is 34.6 Å². The number of hydrogen-bond donors (Lipinski definition) is 1. The Morgan fingerprint density at radius 3 is 2.78 bits per heavy atom. The second kappa shape index (κ2) is 7.33. The van der Waals surface area contributed by atoms with Gasteiger partial charge in [-0.05, 0) is 48.2 Å². The maximum atomic E-state index is 12.1. The van der Waals surface area contributed by atoms with Crippen molar-refractivity contribution in [3.05, 3.63) is 58.8 Å². The number of anilines is 2. The Morgan fingerprint density at radius 1 is 1.30 bits per heavy atom. The molecule has 1 N–H and O–H groups in total. The first kappa shape index (κ1) is 18.0. The Kier molecular flexibility index (Phi) is 4.89. The Morgan fingerprint density at radius 2 is 2.07 bits per heavy atom. The van der Waals surface area contributed by atoms with Crippen LogP contribution < -0.4 is 10.2 Å². The van der Waals surface area contributed by atoms with E-state index in [-0.39, 0.29) is 11.9 Å². The van der Waals surface area contributed by atoms with Gasteiger partial charge in [0, 0.05) is 37.9 Å². The smallest absolute Gasteiger partial charge is 0.246 e. The van der Waals surface area contributed by atoms with E-state index in [4.69, 9.17) is 11.6 Å². The lowest BCUT2D eigenvalue weighted by atomic mass is 9.99. The molecule has 4 rings (SSSR count). The van der Waals surface area contributed by atoms with Crippen LogP contribution in [0.4, 0.5) is 11.5 Å². The van der Waals surface area contributed by atoms with Crippen molar-refractivity contribution in [3.63, 3.8) is 0 Å². The van der Waals surface area contributed by atoms with Crippen LogP contribution in [0.2, 0.25) is 5.02 Å².